The third-order valence-electron chi connectivity index (χ3n) is 2.16. The van der Waals surface area contributed by atoms with Crippen LogP contribution in [-0.4, -0.2) is 31.4 Å². The summed E-state index contributed by atoms with van der Waals surface area (Å²) in [5.74, 6) is 5.35. The molecule has 0 unspecified atom stereocenters. The van der Waals surface area contributed by atoms with Crippen LogP contribution in [-0.2, 0) is 4.79 Å². The first kappa shape index (κ1) is 15.2. The maximum atomic E-state index is 11.8. The van der Waals surface area contributed by atoms with Gasteiger partial charge in [0.1, 0.15) is 0 Å². The molecule has 0 atom stereocenters. The smallest absolute Gasteiger partial charge is 0.261 e. The zero-order valence-electron chi connectivity index (χ0n) is 10.8. The molecule has 0 spiro atoms. The predicted molar refractivity (Wildman–Crippen MR) is 75.9 cm³/mol. The largest absolute Gasteiger partial charge is 0.356 e. The molecular formula is C13H17N3O2S. The van der Waals surface area contributed by atoms with Gasteiger partial charge in [-0.25, -0.2) is 0 Å². The second-order valence-electron chi connectivity index (χ2n) is 3.63. The van der Waals surface area contributed by atoms with E-state index in [2.05, 4.69) is 22.5 Å². The maximum absolute atomic E-state index is 11.8. The number of amides is 2. The highest BCUT2D eigenvalue weighted by atomic mass is 32.1. The lowest BCUT2D eigenvalue weighted by Gasteiger charge is -2.03. The van der Waals surface area contributed by atoms with Crippen LogP contribution in [0, 0.1) is 11.8 Å². The Morgan fingerprint density at radius 3 is 2.84 bits per heavy atom. The van der Waals surface area contributed by atoms with Gasteiger partial charge in [0.05, 0.1) is 16.3 Å². The summed E-state index contributed by atoms with van der Waals surface area (Å²) in [6.07, 6.45) is 0.283. The van der Waals surface area contributed by atoms with Crippen LogP contribution in [0.25, 0.3) is 0 Å². The number of rotatable bonds is 5. The van der Waals surface area contributed by atoms with Gasteiger partial charge in [-0.05, 0) is 19.1 Å². The summed E-state index contributed by atoms with van der Waals surface area (Å²) >= 11 is 1.31. The lowest BCUT2D eigenvalue weighted by Crippen LogP contribution is -2.30. The van der Waals surface area contributed by atoms with Gasteiger partial charge in [-0.15, -0.1) is 11.3 Å². The predicted octanol–water partition coefficient (Wildman–Crippen LogP) is 0.314. The van der Waals surface area contributed by atoms with Crippen molar-refractivity contribution < 1.29 is 9.59 Å². The third-order valence-corrected chi connectivity index (χ3v) is 3.15. The van der Waals surface area contributed by atoms with E-state index in [9.17, 15) is 9.59 Å². The summed E-state index contributed by atoms with van der Waals surface area (Å²) in [6, 6.07) is 3.50. The molecule has 102 valence electrons. The molecule has 0 aliphatic heterocycles. The highest BCUT2D eigenvalue weighted by Gasteiger charge is 2.08. The molecule has 2 amide bonds. The van der Waals surface area contributed by atoms with Crippen LogP contribution in [0.5, 0.6) is 0 Å². The topological polar surface area (TPSA) is 84.2 Å². The molecule has 1 rings (SSSR count). The number of hydrogen-bond donors (Lipinski definition) is 3. The van der Waals surface area contributed by atoms with Gasteiger partial charge in [0, 0.05) is 19.5 Å². The highest BCUT2D eigenvalue weighted by Crippen LogP contribution is 2.14. The number of carbonyl (C=O) groups is 2. The average Bonchev–Trinajstić information content (AvgIpc) is 2.85. The van der Waals surface area contributed by atoms with E-state index in [1.807, 2.05) is 6.92 Å². The van der Waals surface area contributed by atoms with E-state index >= 15 is 0 Å². The van der Waals surface area contributed by atoms with Crippen molar-refractivity contribution >= 4 is 23.2 Å². The zero-order valence-corrected chi connectivity index (χ0v) is 11.6. The SMILES string of the molecule is CCNC(=O)CCNC(=O)c1ccc(C#CCN)s1. The number of nitrogens with two attached hydrogens (primary N) is 1. The standard InChI is InChI=1S/C13H17N3O2S/c1-2-15-12(17)7-9-16-13(18)11-6-5-10(19-11)4-3-8-14/h5-6H,2,7-9,14H2,1H3,(H,15,17)(H,16,18). The van der Waals surface area contributed by atoms with Crippen molar-refractivity contribution in [2.75, 3.05) is 19.6 Å². The van der Waals surface area contributed by atoms with Crippen LogP contribution in [0.2, 0.25) is 0 Å². The van der Waals surface area contributed by atoms with E-state index in [-0.39, 0.29) is 18.2 Å². The Morgan fingerprint density at radius 1 is 1.37 bits per heavy atom. The minimum absolute atomic E-state index is 0.0662. The van der Waals surface area contributed by atoms with Gasteiger partial charge in [0.25, 0.3) is 5.91 Å². The molecule has 0 aliphatic rings. The summed E-state index contributed by atoms with van der Waals surface area (Å²) in [7, 11) is 0. The molecule has 1 heterocycles. The zero-order chi connectivity index (χ0) is 14.1. The van der Waals surface area contributed by atoms with Crippen molar-refractivity contribution in [3.8, 4) is 11.8 Å². The van der Waals surface area contributed by atoms with E-state index in [1.54, 1.807) is 12.1 Å². The molecule has 4 N–H and O–H groups in total. The molecule has 0 bridgehead atoms. The van der Waals surface area contributed by atoms with Crippen LogP contribution in [0.15, 0.2) is 12.1 Å². The Labute approximate surface area is 116 Å². The number of nitrogens with one attached hydrogen (secondary N) is 2. The van der Waals surface area contributed by atoms with E-state index in [4.69, 9.17) is 5.73 Å². The van der Waals surface area contributed by atoms with Crippen LogP contribution in [0.1, 0.15) is 27.9 Å². The summed E-state index contributed by atoms with van der Waals surface area (Å²) < 4.78 is 0. The molecule has 1 aromatic heterocycles. The first-order valence-corrected chi connectivity index (χ1v) is 6.82. The molecule has 19 heavy (non-hydrogen) atoms. The summed E-state index contributed by atoms with van der Waals surface area (Å²) in [5, 5.41) is 5.36. The molecule has 0 fully saturated rings. The van der Waals surface area contributed by atoms with Crippen LogP contribution < -0.4 is 16.4 Å². The molecular weight excluding hydrogens is 262 g/mol. The van der Waals surface area contributed by atoms with Gasteiger partial charge in [-0.1, -0.05) is 11.8 Å². The van der Waals surface area contributed by atoms with Gasteiger partial charge < -0.3 is 16.4 Å². The molecule has 0 aromatic carbocycles. The molecule has 6 heteroatoms. The summed E-state index contributed by atoms with van der Waals surface area (Å²) in [5.41, 5.74) is 5.28. The van der Waals surface area contributed by atoms with Gasteiger partial charge in [0.15, 0.2) is 0 Å². The first-order chi connectivity index (χ1) is 9.17. The molecule has 0 saturated carbocycles. The summed E-state index contributed by atoms with van der Waals surface area (Å²) in [4.78, 5) is 24.3. The third kappa shape index (κ3) is 5.55. The van der Waals surface area contributed by atoms with E-state index < -0.39 is 0 Å². The Morgan fingerprint density at radius 2 is 2.16 bits per heavy atom. The van der Waals surface area contributed by atoms with E-state index in [1.165, 1.54) is 11.3 Å². The molecule has 0 saturated heterocycles. The van der Waals surface area contributed by atoms with Crippen molar-refractivity contribution in [2.45, 2.75) is 13.3 Å². The molecule has 5 nitrogen and oxygen atoms in total. The lowest BCUT2D eigenvalue weighted by molar-refractivity contribution is -0.120. The monoisotopic (exact) mass is 279 g/mol. The maximum Gasteiger partial charge on any atom is 0.261 e. The molecule has 0 radical (unpaired) electrons. The lowest BCUT2D eigenvalue weighted by atomic mass is 10.3. The summed E-state index contributed by atoms with van der Waals surface area (Å²) in [6.45, 7) is 3.07. The first-order valence-electron chi connectivity index (χ1n) is 6.01. The number of thiophene rings is 1. The van der Waals surface area contributed by atoms with Crippen molar-refractivity contribution in [2.24, 2.45) is 5.73 Å². The Kier molecular flexibility index (Phi) is 6.64. The Hall–Kier alpha value is -1.84. The average molecular weight is 279 g/mol. The Bertz CT molecular complexity index is 499. The van der Waals surface area contributed by atoms with Crippen LogP contribution >= 0.6 is 11.3 Å². The van der Waals surface area contributed by atoms with Crippen molar-refractivity contribution in [1.29, 1.82) is 0 Å². The molecule has 1 aromatic rings. The van der Waals surface area contributed by atoms with Crippen molar-refractivity contribution in [3.63, 3.8) is 0 Å². The van der Waals surface area contributed by atoms with Gasteiger partial charge >= 0.3 is 0 Å². The number of carbonyl (C=O) groups excluding carboxylic acids is 2. The fourth-order valence-electron chi connectivity index (χ4n) is 1.33. The Balaban J connectivity index is 2.41. The minimum atomic E-state index is -0.185. The van der Waals surface area contributed by atoms with Gasteiger partial charge in [-0.3, -0.25) is 9.59 Å². The van der Waals surface area contributed by atoms with Crippen molar-refractivity contribution in [3.05, 3.63) is 21.9 Å². The van der Waals surface area contributed by atoms with Gasteiger partial charge in [0.2, 0.25) is 5.91 Å². The molecule has 0 aliphatic carbocycles. The highest BCUT2D eigenvalue weighted by molar-refractivity contribution is 7.14. The van der Waals surface area contributed by atoms with Crippen LogP contribution in [0.4, 0.5) is 0 Å². The fraction of sp³-hybridized carbons (Fsp3) is 0.385. The second kappa shape index (κ2) is 8.29. The second-order valence-corrected chi connectivity index (χ2v) is 4.71. The van der Waals surface area contributed by atoms with Crippen LogP contribution in [0.3, 0.4) is 0 Å². The fourth-order valence-corrected chi connectivity index (χ4v) is 2.12. The quantitative estimate of drug-likeness (QED) is 0.678. The number of hydrogen-bond acceptors (Lipinski definition) is 4. The normalized spacial score (nSPS) is 9.37. The van der Waals surface area contributed by atoms with Crippen molar-refractivity contribution in [1.82, 2.24) is 10.6 Å². The van der Waals surface area contributed by atoms with Gasteiger partial charge in [-0.2, -0.15) is 0 Å². The minimum Gasteiger partial charge on any atom is -0.356 e. The van der Waals surface area contributed by atoms with E-state index in [0.717, 1.165) is 4.88 Å². The van der Waals surface area contributed by atoms with E-state index in [0.29, 0.717) is 24.5 Å².